The fraction of sp³-hybridized carbons (Fsp3) is 0.214. The number of anilines is 1. The maximum atomic E-state index is 14.1. The number of hydrogen-bond acceptors (Lipinski definition) is 6. The Morgan fingerprint density at radius 3 is 2.61 bits per heavy atom. The molecule has 0 saturated carbocycles. The number of nitrogens with one attached hydrogen (secondary N) is 2. The molecule has 38 heavy (non-hydrogen) atoms. The van der Waals surface area contributed by atoms with E-state index in [2.05, 4.69) is 10.3 Å². The van der Waals surface area contributed by atoms with E-state index in [1.54, 1.807) is 36.3 Å². The molecule has 194 valence electrons. The summed E-state index contributed by atoms with van der Waals surface area (Å²) in [5.41, 5.74) is 2.64. The van der Waals surface area contributed by atoms with Gasteiger partial charge >= 0.3 is 0 Å². The number of aromatic amines is 1. The zero-order valence-corrected chi connectivity index (χ0v) is 20.8. The first kappa shape index (κ1) is 25.0. The number of non-ortho nitro benzene ring substituents is 1. The minimum atomic E-state index is -0.830. The van der Waals surface area contributed by atoms with Crippen LogP contribution < -0.4 is 10.1 Å². The molecular weight excluding hydrogens is 488 g/mol. The van der Waals surface area contributed by atoms with Gasteiger partial charge in [0.05, 0.1) is 36.3 Å². The smallest absolute Gasteiger partial charge is 0.271 e. The zero-order chi connectivity index (χ0) is 26.8. The summed E-state index contributed by atoms with van der Waals surface area (Å²) in [6.45, 7) is 0.539. The van der Waals surface area contributed by atoms with Gasteiger partial charge < -0.3 is 24.7 Å². The average Bonchev–Trinajstić information content (AvgIpc) is 3.36. The summed E-state index contributed by atoms with van der Waals surface area (Å²) >= 11 is 0. The molecule has 0 fully saturated rings. The number of nitrogens with zero attached hydrogens (tertiary/aromatic N) is 2. The van der Waals surface area contributed by atoms with Crippen molar-refractivity contribution in [3.63, 3.8) is 0 Å². The van der Waals surface area contributed by atoms with Crippen molar-refractivity contribution in [2.75, 3.05) is 32.7 Å². The third-order valence-corrected chi connectivity index (χ3v) is 6.85. The van der Waals surface area contributed by atoms with Gasteiger partial charge in [0.2, 0.25) is 5.91 Å². The highest BCUT2D eigenvalue weighted by Gasteiger charge is 2.45. The third kappa shape index (κ3) is 4.35. The van der Waals surface area contributed by atoms with Gasteiger partial charge in [-0.25, -0.2) is 0 Å². The van der Waals surface area contributed by atoms with Crippen LogP contribution in [-0.2, 0) is 9.53 Å². The Kier molecular flexibility index (Phi) is 6.80. The van der Waals surface area contributed by atoms with Crippen LogP contribution in [0.5, 0.6) is 5.75 Å². The molecule has 1 aliphatic heterocycles. The first-order chi connectivity index (χ1) is 18.4. The van der Waals surface area contributed by atoms with E-state index >= 15 is 0 Å². The molecular formula is C28H26N4O6. The lowest BCUT2D eigenvalue weighted by Gasteiger charge is -2.41. The highest BCUT2D eigenvalue weighted by molar-refractivity contribution is 6.05. The van der Waals surface area contributed by atoms with Crippen molar-refractivity contribution >= 4 is 34.1 Å². The zero-order valence-electron chi connectivity index (χ0n) is 20.8. The summed E-state index contributed by atoms with van der Waals surface area (Å²) in [6, 6.07) is 18.1. The van der Waals surface area contributed by atoms with Gasteiger partial charge in [-0.15, -0.1) is 0 Å². The highest BCUT2D eigenvalue weighted by Crippen LogP contribution is 2.45. The standard InChI is InChI=1S/C28H26N4O6/c1-37-14-13-31-26(21-16-29-22-10-6-5-7-18(21)22)25(19-8-3-4-9-20(19)28(31)34)27(33)30-23-15-17(32(35)36)11-12-24(23)38-2/h3-12,15-16,25-26,29H,13-14H2,1-2H3,(H,30,33)/t25-,26-/m1/s1. The normalized spacial score (nSPS) is 16.8. The van der Waals surface area contributed by atoms with Gasteiger partial charge in [0.25, 0.3) is 11.6 Å². The van der Waals surface area contributed by atoms with Crippen molar-refractivity contribution in [1.29, 1.82) is 0 Å². The summed E-state index contributed by atoms with van der Waals surface area (Å²) in [5.74, 6) is -1.18. The molecule has 1 aromatic heterocycles. The second-order valence-electron chi connectivity index (χ2n) is 8.92. The molecule has 10 heteroatoms. The van der Waals surface area contributed by atoms with E-state index in [4.69, 9.17) is 9.47 Å². The first-order valence-electron chi connectivity index (χ1n) is 12.0. The molecule has 5 rings (SSSR count). The van der Waals surface area contributed by atoms with E-state index in [1.807, 2.05) is 30.5 Å². The number of carbonyl (C=O) groups excluding carboxylic acids is 2. The molecule has 2 amide bonds. The van der Waals surface area contributed by atoms with E-state index in [0.29, 0.717) is 11.1 Å². The molecule has 2 N–H and O–H groups in total. The number of rotatable bonds is 8. The molecule has 0 spiro atoms. The fourth-order valence-corrected chi connectivity index (χ4v) is 5.11. The van der Waals surface area contributed by atoms with E-state index in [-0.39, 0.29) is 36.2 Å². The lowest BCUT2D eigenvalue weighted by molar-refractivity contribution is -0.384. The topological polar surface area (TPSA) is 127 Å². The van der Waals surface area contributed by atoms with Crippen molar-refractivity contribution in [3.8, 4) is 5.75 Å². The van der Waals surface area contributed by atoms with Crippen molar-refractivity contribution < 1.29 is 24.0 Å². The molecule has 0 saturated heterocycles. The van der Waals surface area contributed by atoms with E-state index in [1.165, 1.54) is 25.3 Å². The average molecular weight is 515 g/mol. The predicted octanol–water partition coefficient (Wildman–Crippen LogP) is 4.65. The molecule has 0 radical (unpaired) electrons. The largest absolute Gasteiger partial charge is 0.495 e. The van der Waals surface area contributed by atoms with Crippen LogP contribution in [0.25, 0.3) is 10.9 Å². The molecule has 3 aromatic carbocycles. The summed E-state index contributed by atoms with van der Waals surface area (Å²) < 4.78 is 10.7. The fourth-order valence-electron chi connectivity index (χ4n) is 5.11. The Bertz CT molecular complexity index is 1530. The van der Waals surface area contributed by atoms with Gasteiger partial charge in [-0.1, -0.05) is 36.4 Å². The van der Waals surface area contributed by atoms with Crippen LogP contribution in [0.2, 0.25) is 0 Å². The number of methoxy groups -OCH3 is 2. The number of aromatic nitrogens is 1. The Hall–Kier alpha value is -4.70. The number of benzene rings is 3. The second kappa shape index (κ2) is 10.3. The van der Waals surface area contributed by atoms with Crippen LogP contribution in [0.15, 0.2) is 72.9 Å². The van der Waals surface area contributed by atoms with Gasteiger partial charge in [0.1, 0.15) is 5.75 Å². The maximum Gasteiger partial charge on any atom is 0.271 e. The molecule has 10 nitrogen and oxygen atoms in total. The summed E-state index contributed by atoms with van der Waals surface area (Å²) in [4.78, 5) is 43.7. The summed E-state index contributed by atoms with van der Waals surface area (Å²) in [7, 11) is 2.98. The Morgan fingerprint density at radius 1 is 1.08 bits per heavy atom. The Balaban J connectivity index is 1.67. The van der Waals surface area contributed by atoms with Crippen LogP contribution >= 0.6 is 0 Å². The number of carbonyl (C=O) groups is 2. The number of para-hydroxylation sites is 1. The van der Waals surface area contributed by atoms with Crippen molar-refractivity contribution in [3.05, 3.63) is 99.7 Å². The number of nitro benzene ring substituents is 1. The molecule has 1 aliphatic rings. The van der Waals surface area contributed by atoms with Crippen LogP contribution in [0, 0.1) is 10.1 Å². The molecule has 0 aliphatic carbocycles. The van der Waals surface area contributed by atoms with E-state index in [9.17, 15) is 19.7 Å². The van der Waals surface area contributed by atoms with Gasteiger partial charge in [-0.05, 0) is 23.8 Å². The molecule has 2 heterocycles. The lowest BCUT2D eigenvalue weighted by Crippen LogP contribution is -2.47. The van der Waals surface area contributed by atoms with Gasteiger partial charge in [-0.3, -0.25) is 19.7 Å². The second-order valence-corrected chi connectivity index (χ2v) is 8.92. The van der Waals surface area contributed by atoms with Crippen molar-refractivity contribution in [2.45, 2.75) is 12.0 Å². The highest BCUT2D eigenvalue weighted by atomic mass is 16.6. The van der Waals surface area contributed by atoms with Crippen LogP contribution in [0.3, 0.4) is 0 Å². The summed E-state index contributed by atoms with van der Waals surface area (Å²) in [5, 5.41) is 15.1. The quantitative estimate of drug-likeness (QED) is 0.260. The SMILES string of the molecule is COCCN1C(=O)c2ccccc2[C@@H](C(=O)Nc2cc([N+](=O)[O-])ccc2OC)[C@H]1c1c[nH]c2ccccc12. The third-order valence-electron chi connectivity index (χ3n) is 6.85. The predicted molar refractivity (Wildman–Crippen MR) is 141 cm³/mol. The number of nitro groups is 1. The monoisotopic (exact) mass is 514 g/mol. The van der Waals surface area contributed by atoms with Crippen LogP contribution in [0.4, 0.5) is 11.4 Å². The Labute approximate surface area is 218 Å². The minimum Gasteiger partial charge on any atom is -0.495 e. The lowest BCUT2D eigenvalue weighted by atomic mass is 9.79. The van der Waals surface area contributed by atoms with Gasteiger partial charge in [-0.2, -0.15) is 0 Å². The molecule has 2 atom stereocenters. The van der Waals surface area contributed by atoms with E-state index in [0.717, 1.165) is 16.5 Å². The van der Waals surface area contributed by atoms with E-state index < -0.39 is 22.8 Å². The maximum absolute atomic E-state index is 14.1. The number of H-pyrrole nitrogens is 1. The van der Waals surface area contributed by atoms with Gasteiger partial charge in [0, 0.05) is 54.0 Å². The number of amides is 2. The number of fused-ring (bicyclic) bond motifs is 2. The van der Waals surface area contributed by atoms with Crippen molar-refractivity contribution in [1.82, 2.24) is 9.88 Å². The molecule has 4 aromatic rings. The first-order valence-corrected chi connectivity index (χ1v) is 12.0. The van der Waals surface area contributed by atoms with Crippen LogP contribution in [0.1, 0.15) is 33.4 Å². The summed E-state index contributed by atoms with van der Waals surface area (Å²) in [6.07, 6.45) is 1.82. The van der Waals surface area contributed by atoms with Crippen LogP contribution in [-0.4, -0.2) is 54.0 Å². The van der Waals surface area contributed by atoms with Crippen molar-refractivity contribution in [2.24, 2.45) is 0 Å². The molecule has 0 bridgehead atoms. The minimum absolute atomic E-state index is 0.169. The number of hydrogen-bond donors (Lipinski definition) is 2. The Morgan fingerprint density at radius 2 is 1.84 bits per heavy atom. The van der Waals surface area contributed by atoms with Gasteiger partial charge in [0.15, 0.2) is 0 Å². The number of ether oxygens (including phenoxy) is 2. The molecule has 0 unspecified atom stereocenters.